The molecule has 1 spiro atoms. The summed E-state index contributed by atoms with van der Waals surface area (Å²) in [5.74, 6) is -0.0178. The number of rotatable bonds is 6. The minimum atomic E-state index is -0.911. The van der Waals surface area contributed by atoms with Crippen LogP contribution in [-0.4, -0.2) is 61.5 Å². The third-order valence-electron chi connectivity index (χ3n) is 7.55. The maximum absolute atomic E-state index is 12.8. The summed E-state index contributed by atoms with van der Waals surface area (Å²) in [4.78, 5) is 12.8. The van der Waals surface area contributed by atoms with E-state index >= 15 is 0 Å². The first-order chi connectivity index (χ1) is 15.8. The van der Waals surface area contributed by atoms with E-state index in [1.54, 1.807) is 25.3 Å². The van der Waals surface area contributed by atoms with Crippen LogP contribution in [0.2, 0.25) is 0 Å². The fourth-order valence-electron chi connectivity index (χ4n) is 5.66. The van der Waals surface area contributed by atoms with Crippen molar-refractivity contribution in [3.8, 4) is 0 Å². The lowest BCUT2D eigenvalue weighted by atomic mass is 9.68. The summed E-state index contributed by atoms with van der Waals surface area (Å²) >= 11 is 0. The number of hydrogen-bond donors (Lipinski definition) is 2. The van der Waals surface area contributed by atoms with Gasteiger partial charge < -0.3 is 28.6 Å². The molecule has 1 amide bonds. The maximum atomic E-state index is 12.8. The van der Waals surface area contributed by atoms with Gasteiger partial charge in [-0.3, -0.25) is 5.32 Å². The van der Waals surface area contributed by atoms with Crippen molar-refractivity contribution >= 4 is 24.4 Å². The lowest BCUT2D eigenvalue weighted by Gasteiger charge is -2.42. The van der Waals surface area contributed by atoms with Crippen LogP contribution in [0.1, 0.15) is 45.6 Å². The smallest absolute Gasteiger partial charge is 0.443 e. The Kier molecular flexibility index (Phi) is 5.82. The molecule has 3 aliphatic heterocycles. The highest BCUT2D eigenvalue weighted by Crippen LogP contribution is 2.59. The molecule has 1 saturated carbocycles. The van der Waals surface area contributed by atoms with Crippen molar-refractivity contribution in [3.05, 3.63) is 35.4 Å². The highest BCUT2D eigenvalue weighted by atomic mass is 16.6. The molecule has 9 heteroatoms. The zero-order valence-electron chi connectivity index (χ0n) is 19.6. The van der Waals surface area contributed by atoms with Crippen molar-refractivity contribution < 1.29 is 33.4 Å². The van der Waals surface area contributed by atoms with Gasteiger partial charge in [-0.15, -0.1) is 0 Å². The van der Waals surface area contributed by atoms with Crippen LogP contribution in [0.25, 0.3) is 0 Å². The minimum Gasteiger partial charge on any atom is -0.443 e. The molecule has 1 aromatic carbocycles. The van der Waals surface area contributed by atoms with E-state index < -0.39 is 19.3 Å². The zero-order chi connectivity index (χ0) is 23.4. The molecule has 0 aromatic heterocycles. The fraction of sp³-hybridized carbons (Fsp3) is 0.625. The van der Waals surface area contributed by atoms with Crippen LogP contribution in [0.5, 0.6) is 0 Å². The van der Waals surface area contributed by atoms with Gasteiger partial charge in [-0.05, 0) is 63.2 Å². The van der Waals surface area contributed by atoms with E-state index in [0.29, 0.717) is 25.3 Å². The largest absolute Gasteiger partial charge is 0.491 e. The highest BCUT2D eigenvalue weighted by Gasteiger charge is 2.72. The lowest BCUT2D eigenvalue weighted by molar-refractivity contribution is -0.116. The summed E-state index contributed by atoms with van der Waals surface area (Å²) in [6.45, 7) is 7.30. The van der Waals surface area contributed by atoms with Gasteiger partial charge in [0.05, 0.1) is 25.2 Å². The van der Waals surface area contributed by atoms with Gasteiger partial charge in [0.15, 0.2) is 0 Å². The quantitative estimate of drug-likeness (QED) is 0.385. The molecule has 1 aliphatic carbocycles. The Morgan fingerprint density at radius 2 is 2.18 bits per heavy atom. The molecule has 0 bridgehead atoms. The maximum Gasteiger partial charge on any atom is 0.491 e. The Hall–Kier alpha value is -1.91. The molecule has 8 nitrogen and oxygen atoms in total. The van der Waals surface area contributed by atoms with Gasteiger partial charge in [0.2, 0.25) is 0 Å². The Morgan fingerprint density at radius 1 is 1.39 bits per heavy atom. The van der Waals surface area contributed by atoms with Gasteiger partial charge in [-0.1, -0.05) is 17.7 Å². The summed E-state index contributed by atoms with van der Waals surface area (Å²) in [5, 5.41) is 12.6. The van der Waals surface area contributed by atoms with Crippen molar-refractivity contribution in [1.29, 1.82) is 0 Å². The average molecular weight is 457 g/mol. The van der Waals surface area contributed by atoms with Crippen LogP contribution in [0, 0.1) is 5.92 Å². The first-order valence-electron chi connectivity index (χ1n) is 11.6. The van der Waals surface area contributed by atoms with Crippen LogP contribution in [0.15, 0.2) is 29.8 Å². The summed E-state index contributed by atoms with van der Waals surface area (Å²) < 4.78 is 29.2. The van der Waals surface area contributed by atoms with Gasteiger partial charge in [0, 0.05) is 12.8 Å². The molecule has 4 aliphatic rings. The topological polar surface area (TPSA) is 102 Å². The van der Waals surface area contributed by atoms with Crippen LogP contribution < -0.4 is 10.8 Å². The number of anilines is 1. The van der Waals surface area contributed by atoms with E-state index in [1.807, 2.05) is 0 Å². The number of carbonyl (C=O) groups is 1. The van der Waals surface area contributed by atoms with E-state index in [1.165, 1.54) is 5.57 Å². The summed E-state index contributed by atoms with van der Waals surface area (Å²) in [7, 11) is 0.752. The number of ether oxygens (including phenoxy) is 4. The molecule has 3 fully saturated rings. The van der Waals surface area contributed by atoms with Gasteiger partial charge in [-0.2, -0.15) is 0 Å². The van der Waals surface area contributed by atoms with Gasteiger partial charge in [-0.25, -0.2) is 4.79 Å². The van der Waals surface area contributed by atoms with Crippen molar-refractivity contribution in [2.75, 3.05) is 19.0 Å². The Balaban J connectivity index is 1.27. The van der Waals surface area contributed by atoms with Crippen molar-refractivity contribution in [2.24, 2.45) is 5.92 Å². The Labute approximate surface area is 194 Å². The second kappa shape index (κ2) is 8.39. The second-order valence-corrected chi connectivity index (χ2v) is 10.0. The minimum absolute atomic E-state index is 0.0178. The molecule has 5 rings (SSSR count). The number of amides is 1. The summed E-state index contributed by atoms with van der Waals surface area (Å²) in [6, 6.07) is 5.28. The summed E-state index contributed by atoms with van der Waals surface area (Å²) in [6.07, 6.45) is 3.37. The predicted octanol–water partition coefficient (Wildman–Crippen LogP) is 2.53. The van der Waals surface area contributed by atoms with Crippen molar-refractivity contribution in [3.63, 3.8) is 0 Å². The van der Waals surface area contributed by atoms with Crippen LogP contribution in [0.3, 0.4) is 0 Å². The van der Waals surface area contributed by atoms with E-state index in [-0.39, 0.29) is 29.3 Å². The normalized spacial score (nSPS) is 36.3. The molecular formula is C24H32BNO7. The van der Waals surface area contributed by atoms with Gasteiger partial charge in [0.1, 0.15) is 23.4 Å². The number of benzene rings is 1. The third-order valence-corrected chi connectivity index (χ3v) is 7.55. The molecule has 178 valence electrons. The predicted molar refractivity (Wildman–Crippen MR) is 122 cm³/mol. The van der Waals surface area contributed by atoms with Crippen LogP contribution in [-0.2, 0) is 30.2 Å². The zero-order valence-corrected chi connectivity index (χ0v) is 19.6. The third kappa shape index (κ3) is 4.21. The van der Waals surface area contributed by atoms with E-state index in [2.05, 4.69) is 32.2 Å². The van der Waals surface area contributed by atoms with Gasteiger partial charge in [0.25, 0.3) is 0 Å². The second-order valence-electron chi connectivity index (χ2n) is 10.0. The molecule has 0 unspecified atom stereocenters. The standard InChI is InChI=1S/C24H32BNO7/c1-14(2)5-8-19-23(3,33-19)21-20(29-4)18(9-10-24(21)13-30-24)32-22(27)26-16-6-7-17-15(11-16)12-31-25(17)28/h5-7,11,18-21,28H,8-10,12-13H2,1-4H3,(H,26,27)/t18-,19-,20-,21-,23+,24+/m1/s1. The molecule has 1 aromatic rings. The number of allylic oxidation sites excluding steroid dienone is 1. The summed E-state index contributed by atoms with van der Waals surface area (Å²) in [5.41, 5.74) is 2.80. The number of epoxide rings is 2. The molecule has 3 heterocycles. The number of fused-ring (bicyclic) bond motifs is 1. The van der Waals surface area contributed by atoms with Crippen LogP contribution in [0.4, 0.5) is 10.5 Å². The monoisotopic (exact) mass is 457 g/mol. The van der Waals surface area contributed by atoms with E-state index in [4.69, 9.17) is 23.6 Å². The van der Waals surface area contributed by atoms with E-state index in [0.717, 1.165) is 23.9 Å². The Bertz CT molecular complexity index is 960. The first kappa shape index (κ1) is 22.9. The van der Waals surface area contributed by atoms with Crippen molar-refractivity contribution in [2.45, 2.75) is 76.2 Å². The highest BCUT2D eigenvalue weighted by molar-refractivity contribution is 6.61. The SMILES string of the molecule is CO[C@@H]1[C@H](OC(=O)Nc2ccc3c(c2)COB3O)CC[C@]2(CO2)[C@H]1[C@@]1(C)O[C@@H]1CC=C(C)C. The van der Waals surface area contributed by atoms with Crippen LogP contribution >= 0.6 is 0 Å². The molecule has 33 heavy (non-hydrogen) atoms. The van der Waals surface area contributed by atoms with E-state index in [9.17, 15) is 9.82 Å². The lowest BCUT2D eigenvalue weighted by Crippen LogP contribution is -2.55. The molecular weight excluding hydrogens is 425 g/mol. The fourth-order valence-corrected chi connectivity index (χ4v) is 5.66. The van der Waals surface area contributed by atoms with Gasteiger partial charge >= 0.3 is 13.2 Å². The molecule has 2 saturated heterocycles. The average Bonchev–Trinajstić information content (AvgIpc) is 3.65. The first-order valence-corrected chi connectivity index (χ1v) is 11.6. The number of hydrogen-bond acceptors (Lipinski definition) is 7. The molecule has 6 atom stereocenters. The molecule has 0 radical (unpaired) electrons. The number of carbonyl (C=O) groups excluding carboxylic acids is 1. The number of nitrogens with one attached hydrogen (secondary N) is 1. The Morgan fingerprint density at radius 3 is 2.88 bits per heavy atom. The molecule has 2 N–H and O–H groups in total. The van der Waals surface area contributed by atoms with Crippen molar-refractivity contribution in [1.82, 2.24) is 0 Å². The number of methoxy groups -OCH3 is 1.